The largest absolute Gasteiger partial charge is 0.479 e. The van der Waals surface area contributed by atoms with Crippen molar-refractivity contribution in [1.82, 2.24) is 5.32 Å². The fourth-order valence-corrected chi connectivity index (χ4v) is 1.17. The molecular formula is C7H8F3NO4. The fourth-order valence-electron chi connectivity index (χ4n) is 1.17. The first-order valence-corrected chi connectivity index (χ1v) is 4.03. The monoisotopic (exact) mass is 227 g/mol. The highest BCUT2D eigenvalue weighted by Gasteiger charge is 2.41. The maximum absolute atomic E-state index is 11.8. The van der Waals surface area contributed by atoms with Crippen LogP contribution in [0, 0.1) is 0 Å². The van der Waals surface area contributed by atoms with Gasteiger partial charge in [0.05, 0.1) is 12.6 Å². The standard InChI is InChI=1S/C7H8F3NO4/c8-7(9,10)6(14)11-3-1-4(5(12)13)15-2-3/h3-4H,1-2H2,(H,11,14)(H,12,13)/t3-,4+/m1/s1. The number of aliphatic carboxylic acids is 1. The van der Waals surface area contributed by atoms with E-state index in [0.29, 0.717) is 0 Å². The third-order valence-corrected chi connectivity index (χ3v) is 1.87. The molecule has 0 saturated carbocycles. The molecule has 0 aromatic rings. The molecule has 0 radical (unpaired) electrons. The molecule has 8 heteroatoms. The molecule has 0 aromatic heterocycles. The average molecular weight is 227 g/mol. The molecule has 15 heavy (non-hydrogen) atoms. The molecule has 1 aliphatic rings. The maximum atomic E-state index is 11.8. The number of nitrogens with one attached hydrogen (secondary N) is 1. The van der Waals surface area contributed by atoms with Crippen LogP contribution in [0.2, 0.25) is 0 Å². The van der Waals surface area contributed by atoms with Gasteiger partial charge in [-0.05, 0) is 0 Å². The van der Waals surface area contributed by atoms with Crippen molar-refractivity contribution in [2.75, 3.05) is 6.61 Å². The number of carbonyl (C=O) groups is 2. The molecule has 1 rings (SSSR count). The second-order valence-corrected chi connectivity index (χ2v) is 3.06. The molecule has 0 spiro atoms. The lowest BCUT2D eigenvalue weighted by molar-refractivity contribution is -0.174. The average Bonchev–Trinajstić information content (AvgIpc) is 2.50. The van der Waals surface area contributed by atoms with Crippen LogP contribution in [0.4, 0.5) is 13.2 Å². The highest BCUT2D eigenvalue weighted by atomic mass is 19.4. The van der Waals surface area contributed by atoms with Gasteiger partial charge in [0.25, 0.3) is 0 Å². The van der Waals surface area contributed by atoms with Crippen LogP contribution in [0.5, 0.6) is 0 Å². The lowest BCUT2D eigenvalue weighted by Crippen LogP contribution is -2.43. The van der Waals surface area contributed by atoms with E-state index in [-0.39, 0.29) is 13.0 Å². The number of rotatable bonds is 2. The predicted octanol–water partition coefficient (Wildman–Crippen LogP) is -0.0930. The summed E-state index contributed by atoms with van der Waals surface area (Å²) in [4.78, 5) is 20.8. The number of carbonyl (C=O) groups excluding carboxylic acids is 1. The molecule has 5 nitrogen and oxygen atoms in total. The van der Waals surface area contributed by atoms with E-state index in [1.54, 1.807) is 5.32 Å². The molecule has 1 amide bonds. The van der Waals surface area contributed by atoms with E-state index in [4.69, 9.17) is 5.11 Å². The summed E-state index contributed by atoms with van der Waals surface area (Å²) in [6.07, 6.45) is -6.26. The Balaban J connectivity index is 2.43. The van der Waals surface area contributed by atoms with Gasteiger partial charge in [-0.1, -0.05) is 0 Å². The molecule has 0 unspecified atom stereocenters. The zero-order valence-electron chi connectivity index (χ0n) is 7.37. The maximum Gasteiger partial charge on any atom is 0.471 e. The van der Waals surface area contributed by atoms with Crippen LogP contribution in [-0.4, -0.2) is 41.9 Å². The Bertz CT molecular complexity index is 278. The normalized spacial score (nSPS) is 26.3. The zero-order valence-corrected chi connectivity index (χ0v) is 7.37. The molecule has 2 atom stereocenters. The highest BCUT2D eigenvalue weighted by Crippen LogP contribution is 2.18. The van der Waals surface area contributed by atoms with E-state index in [1.807, 2.05) is 0 Å². The van der Waals surface area contributed by atoms with Crippen molar-refractivity contribution < 1.29 is 32.6 Å². The summed E-state index contributed by atoms with van der Waals surface area (Å²) in [6.45, 7) is -0.223. The number of ether oxygens (including phenoxy) is 1. The van der Waals surface area contributed by atoms with E-state index >= 15 is 0 Å². The number of carboxylic acids is 1. The van der Waals surface area contributed by atoms with Gasteiger partial charge in [0.2, 0.25) is 0 Å². The molecule has 1 heterocycles. The minimum Gasteiger partial charge on any atom is -0.479 e. The summed E-state index contributed by atoms with van der Waals surface area (Å²) in [7, 11) is 0. The number of halogens is 3. The molecule has 0 aromatic carbocycles. The summed E-state index contributed by atoms with van der Waals surface area (Å²) in [6, 6.07) is -0.903. The van der Waals surface area contributed by atoms with Gasteiger partial charge >= 0.3 is 18.1 Å². The molecule has 1 fully saturated rings. The number of amides is 1. The molecule has 86 valence electrons. The van der Waals surface area contributed by atoms with Gasteiger partial charge < -0.3 is 15.2 Å². The summed E-state index contributed by atoms with van der Waals surface area (Å²) in [5, 5.41) is 10.1. The van der Waals surface area contributed by atoms with Crippen molar-refractivity contribution in [3.05, 3.63) is 0 Å². The summed E-state index contributed by atoms with van der Waals surface area (Å²) >= 11 is 0. The van der Waals surface area contributed by atoms with Gasteiger partial charge in [-0.25, -0.2) is 4.79 Å². The lowest BCUT2D eigenvalue weighted by Gasteiger charge is -2.12. The van der Waals surface area contributed by atoms with E-state index in [2.05, 4.69) is 4.74 Å². The second-order valence-electron chi connectivity index (χ2n) is 3.06. The van der Waals surface area contributed by atoms with E-state index in [9.17, 15) is 22.8 Å². The van der Waals surface area contributed by atoms with E-state index in [1.165, 1.54) is 0 Å². The molecular weight excluding hydrogens is 219 g/mol. The van der Waals surface area contributed by atoms with Gasteiger partial charge in [0.15, 0.2) is 6.10 Å². The summed E-state index contributed by atoms with van der Waals surface area (Å²) in [5.74, 6) is -3.33. The second kappa shape index (κ2) is 4.05. The molecule has 0 aliphatic carbocycles. The van der Waals surface area contributed by atoms with Gasteiger partial charge in [-0.15, -0.1) is 0 Å². The van der Waals surface area contributed by atoms with Crippen LogP contribution in [0.15, 0.2) is 0 Å². The minimum absolute atomic E-state index is 0.156. The summed E-state index contributed by atoms with van der Waals surface area (Å²) < 4.78 is 40.0. The van der Waals surface area contributed by atoms with Gasteiger partial charge in [0.1, 0.15) is 0 Å². The minimum atomic E-state index is -4.96. The number of hydrogen-bond acceptors (Lipinski definition) is 3. The first kappa shape index (κ1) is 11.8. The van der Waals surface area contributed by atoms with E-state index in [0.717, 1.165) is 0 Å². The summed E-state index contributed by atoms with van der Waals surface area (Å²) in [5.41, 5.74) is 0. The molecule has 2 N–H and O–H groups in total. The highest BCUT2D eigenvalue weighted by molar-refractivity contribution is 5.82. The third kappa shape index (κ3) is 3.08. The van der Waals surface area contributed by atoms with Crippen LogP contribution in [0.1, 0.15) is 6.42 Å². The lowest BCUT2D eigenvalue weighted by atomic mass is 10.2. The first-order valence-electron chi connectivity index (χ1n) is 4.03. The van der Waals surface area contributed by atoms with Crippen molar-refractivity contribution >= 4 is 11.9 Å². The van der Waals surface area contributed by atoms with Crippen molar-refractivity contribution in [3.8, 4) is 0 Å². The van der Waals surface area contributed by atoms with Gasteiger partial charge in [0, 0.05) is 6.42 Å². The Morgan fingerprint density at radius 2 is 2.00 bits per heavy atom. The van der Waals surface area contributed by atoms with Crippen LogP contribution in [-0.2, 0) is 14.3 Å². The van der Waals surface area contributed by atoms with Gasteiger partial charge in [-0.2, -0.15) is 13.2 Å². The quantitative estimate of drug-likeness (QED) is 0.691. The number of hydrogen-bond donors (Lipinski definition) is 2. The Morgan fingerprint density at radius 3 is 2.40 bits per heavy atom. The first-order chi connectivity index (χ1) is 6.80. The fraction of sp³-hybridized carbons (Fsp3) is 0.714. The third-order valence-electron chi connectivity index (χ3n) is 1.87. The predicted molar refractivity (Wildman–Crippen MR) is 40.0 cm³/mol. The number of carboxylic acid groups (broad SMARTS) is 1. The van der Waals surface area contributed by atoms with Gasteiger partial charge in [-0.3, -0.25) is 4.79 Å². The zero-order chi connectivity index (χ0) is 11.6. The molecule has 1 aliphatic heterocycles. The van der Waals surface area contributed by atoms with Crippen molar-refractivity contribution in [1.29, 1.82) is 0 Å². The number of alkyl halides is 3. The van der Waals surface area contributed by atoms with Crippen molar-refractivity contribution in [2.45, 2.75) is 24.7 Å². The Kier molecular flexibility index (Phi) is 3.18. The molecule has 0 bridgehead atoms. The van der Waals surface area contributed by atoms with Crippen molar-refractivity contribution in [3.63, 3.8) is 0 Å². The molecule has 1 saturated heterocycles. The van der Waals surface area contributed by atoms with E-state index < -0.39 is 30.2 Å². The topological polar surface area (TPSA) is 75.6 Å². The van der Waals surface area contributed by atoms with Crippen molar-refractivity contribution in [2.24, 2.45) is 0 Å². The Morgan fingerprint density at radius 1 is 1.40 bits per heavy atom. The van der Waals surface area contributed by atoms with Crippen LogP contribution < -0.4 is 5.32 Å². The smallest absolute Gasteiger partial charge is 0.471 e. The Labute approximate surface area is 82.2 Å². The Hall–Kier alpha value is -1.31. The SMILES string of the molecule is O=C(O)[C@@H]1C[C@@H](NC(=O)C(F)(F)F)CO1. The van der Waals surface area contributed by atoms with Crippen LogP contribution in [0.25, 0.3) is 0 Å². The van der Waals surface area contributed by atoms with Crippen LogP contribution >= 0.6 is 0 Å². The van der Waals surface area contributed by atoms with Crippen LogP contribution in [0.3, 0.4) is 0 Å².